The monoisotopic (exact) mass is 291 g/mol. The van der Waals surface area contributed by atoms with Gasteiger partial charge in [-0.3, -0.25) is 4.98 Å². The highest BCUT2D eigenvalue weighted by atomic mass is 32.2. The third-order valence-corrected chi connectivity index (χ3v) is 4.51. The normalized spacial score (nSPS) is 11.5. The summed E-state index contributed by atoms with van der Waals surface area (Å²) in [6, 6.07) is 8.79. The Morgan fingerprint density at radius 3 is 2.70 bits per heavy atom. The van der Waals surface area contributed by atoms with Crippen LogP contribution in [0.15, 0.2) is 47.6 Å². The van der Waals surface area contributed by atoms with Gasteiger partial charge in [-0.05, 0) is 35.7 Å². The average molecular weight is 291 g/mol. The van der Waals surface area contributed by atoms with Crippen molar-refractivity contribution in [3.8, 4) is 0 Å². The minimum Gasteiger partial charge on any atom is -0.326 e. The Bertz CT molecular complexity index is 685. The second kappa shape index (κ2) is 6.13. The van der Waals surface area contributed by atoms with Crippen molar-refractivity contribution >= 4 is 10.0 Å². The SMILES string of the molecule is Cc1ccc(CN)cc1S(=O)(=O)NCc1cccnc1. The lowest BCUT2D eigenvalue weighted by Gasteiger charge is -2.10. The number of nitrogens with one attached hydrogen (secondary N) is 1. The summed E-state index contributed by atoms with van der Waals surface area (Å²) in [7, 11) is -3.56. The average Bonchev–Trinajstić information content (AvgIpc) is 2.47. The van der Waals surface area contributed by atoms with E-state index >= 15 is 0 Å². The summed E-state index contributed by atoms with van der Waals surface area (Å²) in [5, 5.41) is 0. The number of benzene rings is 1. The third kappa shape index (κ3) is 3.41. The van der Waals surface area contributed by atoms with Gasteiger partial charge in [-0.15, -0.1) is 0 Å². The maximum absolute atomic E-state index is 12.3. The van der Waals surface area contributed by atoms with Crippen molar-refractivity contribution < 1.29 is 8.42 Å². The van der Waals surface area contributed by atoms with Crippen molar-refractivity contribution in [2.45, 2.75) is 24.9 Å². The molecule has 0 amide bonds. The lowest BCUT2D eigenvalue weighted by Crippen LogP contribution is -2.24. The molecule has 1 heterocycles. The van der Waals surface area contributed by atoms with Crippen molar-refractivity contribution in [3.63, 3.8) is 0 Å². The van der Waals surface area contributed by atoms with Crippen LogP contribution in [0, 0.1) is 6.92 Å². The van der Waals surface area contributed by atoms with Crippen LogP contribution in [0.2, 0.25) is 0 Å². The Kier molecular flexibility index (Phi) is 4.49. The number of sulfonamides is 1. The van der Waals surface area contributed by atoms with Gasteiger partial charge in [-0.25, -0.2) is 13.1 Å². The van der Waals surface area contributed by atoms with Crippen LogP contribution in [-0.2, 0) is 23.1 Å². The summed E-state index contributed by atoms with van der Waals surface area (Å²) in [5.74, 6) is 0. The minimum atomic E-state index is -3.56. The minimum absolute atomic E-state index is 0.211. The zero-order valence-electron chi connectivity index (χ0n) is 11.2. The molecular weight excluding hydrogens is 274 g/mol. The van der Waals surface area contributed by atoms with Crippen LogP contribution in [0.25, 0.3) is 0 Å². The maximum atomic E-state index is 12.3. The molecule has 0 radical (unpaired) electrons. The number of hydrogen-bond acceptors (Lipinski definition) is 4. The number of nitrogens with zero attached hydrogens (tertiary/aromatic N) is 1. The summed E-state index contributed by atoms with van der Waals surface area (Å²) in [6.07, 6.45) is 3.28. The molecular formula is C14H17N3O2S. The second-order valence-electron chi connectivity index (χ2n) is 4.49. The van der Waals surface area contributed by atoms with Gasteiger partial charge in [-0.1, -0.05) is 18.2 Å². The van der Waals surface area contributed by atoms with Gasteiger partial charge in [0, 0.05) is 25.5 Å². The van der Waals surface area contributed by atoms with E-state index in [0.717, 1.165) is 11.1 Å². The van der Waals surface area contributed by atoms with E-state index < -0.39 is 10.0 Å². The molecule has 2 aromatic rings. The summed E-state index contributed by atoms with van der Waals surface area (Å²) in [5.41, 5.74) is 7.85. The molecule has 5 nitrogen and oxygen atoms in total. The number of hydrogen-bond donors (Lipinski definition) is 2. The van der Waals surface area contributed by atoms with Crippen LogP contribution in [0.3, 0.4) is 0 Å². The standard InChI is InChI=1S/C14H17N3O2S/c1-11-4-5-12(8-15)7-14(11)20(18,19)17-10-13-3-2-6-16-9-13/h2-7,9,17H,8,10,15H2,1H3. The first-order chi connectivity index (χ1) is 9.53. The molecule has 0 aliphatic carbocycles. The molecule has 0 atom stereocenters. The van der Waals surface area contributed by atoms with Gasteiger partial charge in [0.2, 0.25) is 10.0 Å². The van der Waals surface area contributed by atoms with Gasteiger partial charge in [0.25, 0.3) is 0 Å². The maximum Gasteiger partial charge on any atom is 0.241 e. The highest BCUT2D eigenvalue weighted by Crippen LogP contribution is 2.17. The van der Waals surface area contributed by atoms with E-state index in [1.165, 1.54) is 0 Å². The molecule has 3 N–H and O–H groups in total. The highest BCUT2D eigenvalue weighted by molar-refractivity contribution is 7.89. The molecule has 20 heavy (non-hydrogen) atoms. The molecule has 0 saturated heterocycles. The van der Waals surface area contributed by atoms with Crippen molar-refractivity contribution in [2.24, 2.45) is 5.73 Å². The van der Waals surface area contributed by atoms with Gasteiger partial charge < -0.3 is 5.73 Å². The Morgan fingerprint density at radius 2 is 2.05 bits per heavy atom. The van der Waals surface area contributed by atoms with Crippen LogP contribution in [0.5, 0.6) is 0 Å². The predicted octanol–water partition coefficient (Wildman–Crippen LogP) is 1.33. The van der Waals surface area contributed by atoms with Gasteiger partial charge in [0.15, 0.2) is 0 Å². The first-order valence-corrected chi connectivity index (χ1v) is 7.69. The molecule has 2 rings (SSSR count). The first-order valence-electron chi connectivity index (χ1n) is 6.21. The van der Waals surface area contributed by atoms with Crippen LogP contribution in [0.1, 0.15) is 16.7 Å². The van der Waals surface area contributed by atoms with E-state index in [4.69, 9.17) is 5.73 Å². The summed E-state index contributed by atoms with van der Waals surface area (Å²) < 4.78 is 27.2. The number of nitrogens with two attached hydrogens (primary N) is 1. The Labute approximate surface area is 118 Å². The van der Waals surface area contributed by atoms with Crippen molar-refractivity contribution in [1.29, 1.82) is 0 Å². The molecule has 0 aliphatic heterocycles. The Hall–Kier alpha value is -1.76. The molecule has 0 aliphatic rings. The molecule has 1 aromatic heterocycles. The number of rotatable bonds is 5. The quantitative estimate of drug-likeness (QED) is 0.870. The summed E-state index contributed by atoms with van der Waals surface area (Å²) in [4.78, 5) is 4.22. The third-order valence-electron chi connectivity index (χ3n) is 2.97. The van der Waals surface area contributed by atoms with E-state index in [1.807, 2.05) is 12.1 Å². The van der Waals surface area contributed by atoms with Crippen LogP contribution >= 0.6 is 0 Å². The van der Waals surface area contributed by atoms with E-state index in [1.54, 1.807) is 37.5 Å². The van der Waals surface area contributed by atoms with Crippen LogP contribution in [-0.4, -0.2) is 13.4 Å². The van der Waals surface area contributed by atoms with Crippen LogP contribution < -0.4 is 10.5 Å². The zero-order chi connectivity index (χ0) is 14.6. The fourth-order valence-electron chi connectivity index (χ4n) is 1.82. The molecule has 1 aromatic carbocycles. The molecule has 0 spiro atoms. The molecule has 0 fully saturated rings. The molecule has 106 valence electrons. The molecule has 0 saturated carbocycles. The lowest BCUT2D eigenvalue weighted by atomic mass is 10.1. The van der Waals surface area contributed by atoms with E-state index in [2.05, 4.69) is 9.71 Å². The first kappa shape index (κ1) is 14.6. The van der Waals surface area contributed by atoms with Crippen molar-refractivity contribution in [1.82, 2.24) is 9.71 Å². The predicted molar refractivity (Wildman–Crippen MR) is 77.3 cm³/mol. The van der Waals surface area contributed by atoms with E-state index in [0.29, 0.717) is 12.1 Å². The number of aryl methyl sites for hydroxylation is 1. The van der Waals surface area contributed by atoms with Gasteiger partial charge in [0.05, 0.1) is 4.90 Å². The van der Waals surface area contributed by atoms with Gasteiger partial charge in [-0.2, -0.15) is 0 Å². The summed E-state index contributed by atoms with van der Waals surface area (Å²) in [6.45, 7) is 2.28. The van der Waals surface area contributed by atoms with Crippen molar-refractivity contribution in [2.75, 3.05) is 0 Å². The fourth-order valence-corrected chi connectivity index (χ4v) is 3.13. The van der Waals surface area contributed by atoms with E-state index in [9.17, 15) is 8.42 Å². The highest BCUT2D eigenvalue weighted by Gasteiger charge is 2.16. The Balaban J connectivity index is 2.22. The largest absolute Gasteiger partial charge is 0.326 e. The second-order valence-corrected chi connectivity index (χ2v) is 6.23. The smallest absolute Gasteiger partial charge is 0.241 e. The Morgan fingerprint density at radius 1 is 1.25 bits per heavy atom. The number of aromatic nitrogens is 1. The molecule has 0 unspecified atom stereocenters. The van der Waals surface area contributed by atoms with Gasteiger partial charge in [0.1, 0.15) is 0 Å². The lowest BCUT2D eigenvalue weighted by molar-refractivity contribution is 0.580. The molecule has 0 bridgehead atoms. The number of pyridine rings is 1. The zero-order valence-corrected chi connectivity index (χ0v) is 12.0. The van der Waals surface area contributed by atoms with Crippen LogP contribution in [0.4, 0.5) is 0 Å². The van der Waals surface area contributed by atoms with E-state index in [-0.39, 0.29) is 11.4 Å². The fraction of sp³-hybridized carbons (Fsp3) is 0.214. The summed E-state index contributed by atoms with van der Waals surface area (Å²) >= 11 is 0. The molecule has 6 heteroatoms. The topological polar surface area (TPSA) is 85.1 Å². The van der Waals surface area contributed by atoms with Gasteiger partial charge >= 0.3 is 0 Å². The van der Waals surface area contributed by atoms with Crippen molar-refractivity contribution in [3.05, 3.63) is 59.4 Å².